The fourth-order valence-electron chi connectivity index (χ4n) is 1.28. The van der Waals surface area contributed by atoms with E-state index in [1.807, 2.05) is 30.3 Å². The van der Waals surface area contributed by atoms with Crippen LogP contribution in [-0.2, 0) is 7.05 Å². The summed E-state index contributed by atoms with van der Waals surface area (Å²) >= 11 is 5.09. The molecule has 0 amide bonds. The highest BCUT2D eigenvalue weighted by Crippen LogP contribution is 2.03. The third kappa shape index (κ3) is 1.31. The second-order valence-corrected chi connectivity index (χ2v) is 3.29. The van der Waals surface area contributed by atoms with E-state index in [2.05, 4.69) is 5.10 Å². The maximum atomic E-state index is 11.5. The molecule has 0 aliphatic carbocycles. The predicted molar refractivity (Wildman–Crippen MR) is 56.2 cm³/mol. The van der Waals surface area contributed by atoms with Crippen molar-refractivity contribution >= 4 is 12.2 Å². The van der Waals surface area contributed by atoms with Gasteiger partial charge in [-0.2, -0.15) is 0 Å². The molecule has 0 saturated carbocycles. The molecule has 1 heterocycles. The molecule has 0 unspecified atom stereocenters. The Morgan fingerprint density at radius 2 is 1.93 bits per heavy atom. The second-order valence-electron chi connectivity index (χ2n) is 2.93. The van der Waals surface area contributed by atoms with Crippen molar-refractivity contribution in [1.29, 1.82) is 0 Å². The van der Waals surface area contributed by atoms with Crippen LogP contribution >= 0.6 is 12.2 Å². The third-order valence-electron chi connectivity index (χ3n) is 1.96. The number of aromatic amines is 1. The Hall–Kier alpha value is -1.62. The van der Waals surface area contributed by atoms with Crippen LogP contribution in [0.4, 0.5) is 0 Å². The number of nitrogens with one attached hydrogen (secondary N) is 1. The van der Waals surface area contributed by atoms with E-state index in [-0.39, 0.29) is 5.69 Å². The van der Waals surface area contributed by atoms with Gasteiger partial charge in [0.25, 0.3) is 0 Å². The molecule has 5 heteroatoms. The van der Waals surface area contributed by atoms with Crippen LogP contribution < -0.4 is 5.69 Å². The fourth-order valence-corrected chi connectivity index (χ4v) is 1.52. The topological polar surface area (TPSA) is 42.7 Å². The Morgan fingerprint density at radius 1 is 1.29 bits per heavy atom. The first-order valence-electron chi connectivity index (χ1n) is 4.13. The molecule has 72 valence electrons. The van der Waals surface area contributed by atoms with E-state index in [1.54, 1.807) is 7.05 Å². The van der Waals surface area contributed by atoms with E-state index < -0.39 is 0 Å². The summed E-state index contributed by atoms with van der Waals surface area (Å²) in [5.41, 5.74) is 0.558. The third-order valence-corrected chi connectivity index (χ3v) is 2.42. The molecule has 0 saturated heterocycles. The van der Waals surface area contributed by atoms with Gasteiger partial charge < -0.3 is 0 Å². The van der Waals surface area contributed by atoms with Gasteiger partial charge in [-0.25, -0.2) is 14.5 Å². The summed E-state index contributed by atoms with van der Waals surface area (Å²) in [6, 6.07) is 9.30. The number of rotatable bonds is 1. The monoisotopic (exact) mass is 207 g/mol. The largest absolute Gasteiger partial charge is 0.347 e. The molecule has 1 N–H and O–H groups in total. The van der Waals surface area contributed by atoms with Gasteiger partial charge in [0.15, 0.2) is 0 Å². The van der Waals surface area contributed by atoms with Crippen LogP contribution in [0.25, 0.3) is 5.69 Å². The van der Waals surface area contributed by atoms with Crippen molar-refractivity contribution in [3.63, 3.8) is 0 Å². The molecule has 4 nitrogen and oxygen atoms in total. The molecular formula is C9H9N3OS. The van der Waals surface area contributed by atoms with Crippen LogP contribution in [0, 0.1) is 4.77 Å². The van der Waals surface area contributed by atoms with E-state index in [0.717, 1.165) is 5.69 Å². The van der Waals surface area contributed by atoms with E-state index in [0.29, 0.717) is 4.77 Å². The lowest BCUT2D eigenvalue weighted by atomic mass is 10.3. The van der Waals surface area contributed by atoms with Gasteiger partial charge in [-0.05, 0) is 24.4 Å². The number of H-pyrrole nitrogens is 1. The molecule has 0 bridgehead atoms. The molecule has 1 aromatic carbocycles. The van der Waals surface area contributed by atoms with E-state index in [4.69, 9.17) is 12.2 Å². The summed E-state index contributed by atoms with van der Waals surface area (Å²) in [5, 5.41) is 2.59. The van der Waals surface area contributed by atoms with E-state index >= 15 is 0 Å². The maximum absolute atomic E-state index is 11.5. The highest BCUT2D eigenvalue weighted by Gasteiger charge is 2.03. The van der Waals surface area contributed by atoms with Crippen molar-refractivity contribution in [2.75, 3.05) is 0 Å². The zero-order chi connectivity index (χ0) is 10.1. The molecule has 0 fully saturated rings. The van der Waals surface area contributed by atoms with Crippen molar-refractivity contribution < 1.29 is 0 Å². The molecule has 2 rings (SSSR count). The van der Waals surface area contributed by atoms with E-state index in [9.17, 15) is 4.79 Å². The summed E-state index contributed by atoms with van der Waals surface area (Å²) in [5.74, 6) is 0. The van der Waals surface area contributed by atoms with E-state index in [1.165, 1.54) is 9.25 Å². The molecule has 0 aliphatic heterocycles. The van der Waals surface area contributed by atoms with Crippen LogP contribution in [0.3, 0.4) is 0 Å². The molecule has 2 aromatic rings. The summed E-state index contributed by atoms with van der Waals surface area (Å²) in [6.07, 6.45) is 0. The van der Waals surface area contributed by atoms with Gasteiger partial charge in [-0.1, -0.05) is 18.2 Å². The fraction of sp³-hybridized carbons (Fsp3) is 0.111. The maximum Gasteiger partial charge on any atom is 0.347 e. The highest BCUT2D eigenvalue weighted by atomic mass is 32.1. The summed E-state index contributed by atoms with van der Waals surface area (Å²) < 4.78 is 3.43. The van der Waals surface area contributed by atoms with Crippen LogP contribution in [0.2, 0.25) is 0 Å². The number of hydrogen-bond donors (Lipinski definition) is 1. The Morgan fingerprint density at radius 3 is 2.43 bits per heavy atom. The Kier molecular flexibility index (Phi) is 2.09. The Balaban J connectivity index is 2.75. The van der Waals surface area contributed by atoms with Crippen LogP contribution in [0.5, 0.6) is 0 Å². The Labute approximate surface area is 85.4 Å². The van der Waals surface area contributed by atoms with Gasteiger partial charge in [0.05, 0.1) is 5.69 Å². The summed E-state index contributed by atoms with van der Waals surface area (Å²) in [7, 11) is 1.71. The zero-order valence-corrected chi connectivity index (χ0v) is 8.41. The van der Waals surface area contributed by atoms with Gasteiger partial charge >= 0.3 is 5.69 Å². The first-order valence-corrected chi connectivity index (χ1v) is 4.54. The lowest BCUT2D eigenvalue weighted by molar-refractivity contribution is 0.743. The van der Waals surface area contributed by atoms with Gasteiger partial charge in [-0.15, -0.1) is 0 Å². The smallest absolute Gasteiger partial charge is 0.262 e. The quantitative estimate of drug-likeness (QED) is 0.715. The molecule has 0 aliphatic rings. The summed E-state index contributed by atoms with van der Waals surface area (Å²) in [6.45, 7) is 0. The first-order chi connectivity index (χ1) is 6.70. The SMILES string of the molecule is Cn1[nH]c(=O)n(-c2ccccc2)c1=S. The predicted octanol–water partition coefficient (Wildman–Crippen LogP) is 1.23. The number of benzene rings is 1. The highest BCUT2D eigenvalue weighted by molar-refractivity contribution is 7.71. The molecule has 14 heavy (non-hydrogen) atoms. The lowest BCUT2D eigenvalue weighted by Gasteiger charge is -1.98. The van der Waals surface area contributed by atoms with Gasteiger partial charge in [0.2, 0.25) is 4.77 Å². The van der Waals surface area contributed by atoms with Crippen LogP contribution in [0.1, 0.15) is 0 Å². The normalized spacial score (nSPS) is 10.4. The second kappa shape index (κ2) is 3.26. The molecule has 0 radical (unpaired) electrons. The van der Waals surface area contributed by atoms with Gasteiger partial charge in [0.1, 0.15) is 0 Å². The molecule has 1 aromatic heterocycles. The number of hydrogen-bond acceptors (Lipinski definition) is 2. The first kappa shape index (κ1) is 8.96. The Bertz CT molecular complexity index is 549. The van der Waals surface area contributed by atoms with Crippen LogP contribution in [-0.4, -0.2) is 14.3 Å². The number of nitrogens with zero attached hydrogens (tertiary/aromatic N) is 2. The summed E-state index contributed by atoms with van der Waals surface area (Å²) in [4.78, 5) is 11.5. The number of aryl methyl sites for hydroxylation is 1. The van der Waals surface area contributed by atoms with Crippen molar-refractivity contribution in [2.45, 2.75) is 0 Å². The van der Waals surface area contributed by atoms with Gasteiger partial charge in [-0.3, -0.25) is 4.68 Å². The lowest BCUT2D eigenvalue weighted by Crippen LogP contribution is -2.14. The van der Waals surface area contributed by atoms with Crippen molar-refractivity contribution in [3.8, 4) is 5.69 Å². The molecule has 0 spiro atoms. The minimum absolute atomic E-state index is 0.219. The number of para-hydroxylation sites is 1. The minimum atomic E-state index is -0.219. The standard InChI is InChI=1S/C9H9N3OS/c1-11-9(14)12(8(13)10-11)7-5-3-2-4-6-7/h2-6H,1H3,(H,10,13). The van der Waals surface area contributed by atoms with Crippen molar-refractivity contribution in [2.24, 2.45) is 7.05 Å². The van der Waals surface area contributed by atoms with Crippen LogP contribution in [0.15, 0.2) is 35.1 Å². The average Bonchev–Trinajstić information content (AvgIpc) is 2.43. The number of aromatic nitrogens is 3. The van der Waals surface area contributed by atoms with Crippen molar-refractivity contribution in [3.05, 3.63) is 45.6 Å². The molecular weight excluding hydrogens is 198 g/mol. The minimum Gasteiger partial charge on any atom is -0.262 e. The zero-order valence-electron chi connectivity index (χ0n) is 7.60. The van der Waals surface area contributed by atoms with Crippen molar-refractivity contribution in [1.82, 2.24) is 14.3 Å². The van der Waals surface area contributed by atoms with Gasteiger partial charge in [0, 0.05) is 7.05 Å². The average molecular weight is 207 g/mol. The molecule has 0 atom stereocenters.